The fourth-order valence-corrected chi connectivity index (χ4v) is 2.89. The Balaban J connectivity index is 2.04. The topological polar surface area (TPSA) is 39.2 Å². The summed E-state index contributed by atoms with van der Waals surface area (Å²) in [7, 11) is 0. The van der Waals surface area contributed by atoms with Crippen molar-refractivity contribution in [2.24, 2.45) is 11.8 Å². The molecule has 0 aliphatic carbocycles. The number of carbonyl (C=O) groups excluding carboxylic acids is 1. The third-order valence-electron chi connectivity index (χ3n) is 4.26. The Morgan fingerprint density at radius 3 is 2.47 bits per heavy atom. The van der Waals surface area contributed by atoms with E-state index in [9.17, 15) is 4.79 Å². The molecule has 104 valence electrons. The molecule has 3 nitrogen and oxygen atoms in total. The van der Waals surface area contributed by atoms with Gasteiger partial charge in [0.2, 0.25) is 0 Å². The molecule has 2 rings (SSSR count). The van der Waals surface area contributed by atoms with E-state index in [1.807, 2.05) is 26.1 Å². The predicted octanol–water partition coefficient (Wildman–Crippen LogP) is 2.82. The first-order valence-electron chi connectivity index (χ1n) is 7.15. The smallest absolute Gasteiger partial charge is 0.144 e. The molecule has 0 spiro atoms. The lowest BCUT2D eigenvalue weighted by Crippen LogP contribution is -2.28. The molecule has 1 aliphatic heterocycles. The molecular weight excluding hydrogens is 238 g/mol. The molecule has 19 heavy (non-hydrogen) atoms. The molecule has 2 heterocycles. The first kappa shape index (κ1) is 14.2. The van der Waals surface area contributed by atoms with Crippen LogP contribution in [-0.2, 0) is 22.4 Å². The minimum absolute atomic E-state index is 0.00246. The third kappa shape index (κ3) is 3.03. The lowest BCUT2D eigenvalue weighted by Gasteiger charge is -2.16. The van der Waals surface area contributed by atoms with Crippen LogP contribution in [0, 0.1) is 11.8 Å². The molecule has 1 aliphatic rings. The van der Waals surface area contributed by atoms with Crippen LogP contribution in [0.5, 0.6) is 0 Å². The third-order valence-corrected chi connectivity index (χ3v) is 4.26. The fourth-order valence-electron chi connectivity index (χ4n) is 2.89. The highest BCUT2D eigenvalue weighted by atomic mass is 16.5. The van der Waals surface area contributed by atoms with Gasteiger partial charge in [-0.25, -0.2) is 0 Å². The molecule has 1 aromatic heterocycles. The van der Waals surface area contributed by atoms with E-state index in [-0.39, 0.29) is 29.8 Å². The van der Waals surface area contributed by atoms with E-state index < -0.39 is 0 Å². The van der Waals surface area contributed by atoms with Crippen molar-refractivity contribution in [3.05, 3.63) is 29.6 Å². The second kappa shape index (κ2) is 5.83. The highest BCUT2D eigenvalue weighted by molar-refractivity contribution is 5.84. The maximum atomic E-state index is 12.4. The molecule has 1 aromatic rings. The molecule has 0 aromatic carbocycles. The number of nitrogens with zero attached hydrogens (tertiary/aromatic N) is 1. The first-order chi connectivity index (χ1) is 9.02. The summed E-state index contributed by atoms with van der Waals surface area (Å²) in [5, 5.41) is 0. The Labute approximate surface area is 115 Å². The normalized spacial score (nSPS) is 30.5. The Kier molecular flexibility index (Phi) is 4.35. The second-order valence-electron chi connectivity index (χ2n) is 5.59. The number of aryl methyl sites for hydroxylation is 1. The molecule has 4 atom stereocenters. The van der Waals surface area contributed by atoms with Gasteiger partial charge in [-0.05, 0) is 37.8 Å². The Hall–Kier alpha value is -1.22. The number of pyridine rings is 1. The van der Waals surface area contributed by atoms with Crippen molar-refractivity contribution in [1.29, 1.82) is 0 Å². The Bertz CT molecular complexity index is 441. The van der Waals surface area contributed by atoms with E-state index in [4.69, 9.17) is 4.74 Å². The van der Waals surface area contributed by atoms with Crippen LogP contribution in [-0.4, -0.2) is 23.0 Å². The summed E-state index contributed by atoms with van der Waals surface area (Å²) < 4.78 is 5.74. The highest BCUT2D eigenvalue weighted by Gasteiger charge is 2.41. The lowest BCUT2D eigenvalue weighted by atomic mass is 9.84. The van der Waals surface area contributed by atoms with Crippen molar-refractivity contribution in [2.75, 3.05) is 0 Å². The molecule has 0 amide bonds. The Morgan fingerprint density at radius 1 is 1.26 bits per heavy atom. The molecule has 4 unspecified atom stereocenters. The van der Waals surface area contributed by atoms with Gasteiger partial charge in [0.05, 0.1) is 12.2 Å². The van der Waals surface area contributed by atoms with Crippen molar-refractivity contribution in [3.63, 3.8) is 0 Å². The van der Waals surface area contributed by atoms with Gasteiger partial charge in [-0.3, -0.25) is 9.78 Å². The van der Waals surface area contributed by atoms with Gasteiger partial charge in [0.25, 0.3) is 0 Å². The maximum Gasteiger partial charge on any atom is 0.144 e. The number of hydrogen-bond donors (Lipinski definition) is 0. The summed E-state index contributed by atoms with van der Waals surface area (Å²) in [5.74, 6) is 0.543. The number of rotatable bonds is 4. The predicted molar refractivity (Wildman–Crippen MR) is 75.0 cm³/mol. The van der Waals surface area contributed by atoms with Crippen LogP contribution in [0.25, 0.3) is 0 Å². The van der Waals surface area contributed by atoms with Crippen LogP contribution >= 0.6 is 0 Å². The molecule has 0 N–H and O–H groups in total. The fraction of sp³-hybridized carbons (Fsp3) is 0.625. The van der Waals surface area contributed by atoms with Crippen molar-refractivity contribution in [3.8, 4) is 0 Å². The SMILES string of the molecule is CCc1ccc(CC(=O)C2C(C)OC(C)C2C)nc1. The monoisotopic (exact) mass is 261 g/mol. The maximum absolute atomic E-state index is 12.4. The van der Waals surface area contributed by atoms with E-state index >= 15 is 0 Å². The van der Waals surface area contributed by atoms with E-state index in [1.165, 1.54) is 5.56 Å². The summed E-state index contributed by atoms with van der Waals surface area (Å²) in [6.07, 6.45) is 3.44. The zero-order chi connectivity index (χ0) is 14.0. The van der Waals surface area contributed by atoms with E-state index in [2.05, 4.69) is 24.9 Å². The van der Waals surface area contributed by atoms with Crippen molar-refractivity contribution in [2.45, 2.75) is 52.7 Å². The van der Waals surface area contributed by atoms with Gasteiger partial charge < -0.3 is 4.74 Å². The lowest BCUT2D eigenvalue weighted by molar-refractivity contribution is -0.124. The summed E-state index contributed by atoms with van der Waals surface area (Å²) in [5.41, 5.74) is 2.07. The molecule has 0 saturated carbocycles. The number of ether oxygens (including phenoxy) is 1. The van der Waals surface area contributed by atoms with Gasteiger partial charge in [-0.15, -0.1) is 0 Å². The molecular formula is C16H23NO2. The molecule has 1 fully saturated rings. The molecule has 3 heteroatoms. The average molecular weight is 261 g/mol. The van der Waals surface area contributed by atoms with Crippen LogP contribution in [0.15, 0.2) is 18.3 Å². The van der Waals surface area contributed by atoms with Crippen molar-refractivity contribution >= 4 is 5.78 Å². The van der Waals surface area contributed by atoms with E-state index in [1.54, 1.807) is 0 Å². The summed E-state index contributed by atoms with van der Waals surface area (Å²) in [6, 6.07) is 4.02. The quantitative estimate of drug-likeness (QED) is 0.836. The minimum atomic E-state index is 0.00246. The standard InChI is InChI=1S/C16H23NO2/c1-5-13-6-7-14(17-9-13)8-15(18)16-10(2)11(3)19-12(16)4/h6-7,9-12,16H,5,8H2,1-4H3. The van der Waals surface area contributed by atoms with Gasteiger partial charge in [0.1, 0.15) is 5.78 Å². The number of ketones is 1. The number of hydrogen-bond acceptors (Lipinski definition) is 3. The molecule has 0 radical (unpaired) electrons. The second-order valence-corrected chi connectivity index (χ2v) is 5.59. The van der Waals surface area contributed by atoms with Gasteiger partial charge in [-0.2, -0.15) is 0 Å². The van der Waals surface area contributed by atoms with Crippen LogP contribution in [0.3, 0.4) is 0 Å². The van der Waals surface area contributed by atoms with Gasteiger partial charge >= 0.3 is 0 Å². The van der Waals surface area contributed by atoms with Crippen LogP contribution in [0.2, 0.25) is 0 Å². The van der Waals surface area contributed by atoms with Gasteiger partial charge in [0, 0.05) is 24.2 Å². The zero-order valence-corrected chi connectivity index (χ0v) is 12.2. The van der Waals surface area contributed by atoms with Crippen molar-refractivity contribution < 1.29 is 9.53 Å². The van der Waals surface area contributed by atoms with Crippen LogP contribution < -0.4 is 0 Å². The van der Waals surface area contributed by atoms with E-state index in [0.29, 0.717) is 6.42 Å². The first-order valence-corrected chi connectivity index (χ1v) is 7.15. The van der Waals surface area contributed by atoms with Crippen LogP contribution in [0.4, 0.5) is 0 Å². The van der Waals surface area contributed by atoms with E-state index in [0.717, 1.165) is 12.1 Å². The summed E-state index contributed by atoms with van der Waals surface area (Å²) >= 11 is 0. The van der Waals surface area contributed by atoms with Crippen molar-refractivity contribution in [1.82, 2.24) is 4.98 Å². The number of carbonyl (C=O) groups is 1. The highest BCUT2D eigenvalue weighted by Crippen LogP contribution is 2.33. The average Bonchev–Trinajstić information content (AvgIpc) is 2.64. The van der Waals surface area contributed by atoms with Gasteiger partial charge in [0.15, 0.2) is 0 Å². The van der Waals surface area contributed by atoms with Gasteiger partial charge in [-0.1, -0.05) is 19.9 Å². The zero-order valence-electron chi connectivity index (χ0n) is 12.2. The largest absolute Gasteiger partial charge is 0.375 e. The number of Topliss-reactive ketones (excluding diaryl/α,β-unsaturated/α-hetero) is 1. The number of aromatic nitrogens is 1. The summed E-state index contributed by atoms with van der Waals surface area (Å²) in [4.78, 5) is 16.8. The molecule has 0 bridgehead atoms. The van der Waals surface area contributed by atoms with Crippen LogP contribution in [0.1, 0.15) is 39.0 Å². The molecule has 1 saturated heterocycles. The Morgan fingerprint density at radius 2 is 2.00 bits per heavy atom. The minimum Gasteiger partial charge on any atom is -0.375 e. The summed E-state index contributed by atoms with van der Waals surface area (Å²) in [6.45, 7) is 8.24.